The number of benzene rings is 1. The summed E-state index contributed by atoms with van der Waals surface area (Å²) in [5.41, 5.74) is 1.08. The molecular weight excluding hydrogens is 262 g/mol. The van der Waals surface area contributed by atoms with Gasteiger partial charge in [-0.3, -0.25) is 0 Å². The van der Waals surface area contributed by atoms with E-state index in [4.69, 9.17) is 21.1 Å². The Bertz CT molecular complexity index is 427. The van der Waals surface area contributed by atoms with Crippen LogP contribution in [0.5, 0.6) is 5.75 Å². The highest BCUT2D eigenvalue weighted by molar-refractivity contribution is 6.32. The largest absolute Gasteiger partial charge is 0.495 e. The molecule has 3 nitrogen and oxygen atoms in total. The lowest BCUT2D eigenvalue weighted by Gasteiger charge is -2.47. The molecule has 1 aliphatic rings. The van der Waals surface area contributed by atoms with Crippen molar-refractivity contribution in [3.8, 4) is 5.75 Å². The zero-order chi connectivity index (χ0) is 13.9. The third kappa shape index (κ3) is 2.73. The van der Waals surface area contributed by atoms with Crippen LogP contribution in [0.1, 0.15) is 37.8 Å². The summed E-state index contributed by atoms with van der Waals surface area (Å²) in [5.74, 6) is 0.715. The zero-order valence-electron chi connectivity index (χ0n) is 11.8. The first kappa shape index (κ1) is 14.6. The minimum absolute atomic E-state index is 0.0884. The SMILES string of the molecule is CCNC(c1ccc(Cl)c(OC)c1)C1(OC)CCC1. The summed E-state index contributed by atoms with van der Waals surface area (Å²) in [5, 5.41) is 4.18. The second-order valence-corrected chi connectivity index (χ2v) is 5.41. The fourth-order valence-electron chi connectivity index (χ4n) is 2.80. The zero-order valence-corrected chi connectivity index (χ0v) is 12.6. The maximum absolute atomic E-state index is 6.10. The van der Waals surface area contributed by atoms with Gasteiger partial charge in [0.05, 0.1) is 23.8 Å². The average molecular weight is 284 g/mol. The number of halogens is 1. The molecule has 1 unspecified atom stereocenters. The summed E-state index contributed by atoms with van der Waals surface area (Å²) in [6, 6.07) is 6.14. The normalized spacial score (nSPS) is 18.7. The molecule has 1 saturated carbocycles. The summed E-state index contributed by atoms with van der Waals surface area (Å²) in [7, 11) is 3.44. The Labute approximate surface area is 120 Å². The van der Waals surface area contributed by atoms with Gasteiger partial charge in [-0.05, 0) is 43.5 Å². The van der Waals surface area contributed by atoms with Gasteiger partial charge >= 0.3 is 0 Å². The van der Waals surface area contributed by atoms with E-state index in [0.717, 1.165) is 19.4 Å². The fraction of sp³-hybridized carbons (Fsp3) is 0.600. The molecule has 0 heterocycles. The van der Waals surface area contributed by atoms with Crippen LogP contribution in [0.15, 0.2) is 18.2 Å². The summed E-state index contributed by atoms with van der Waals surface area (Å²) < 4.78 is 11.1. The third-order valence-electron chi connectivity index (χ3n) is 4.05. The molecule has 1 atom stereocenters. The molecule has 4 heteroatoms. The van der Waals surface area contributed by atoms with E-state index in [1.165, 1.54) is 12.0 Å². The fourth-order valence-corrected chi connectivity index (χ4v) is 3.00. The van der Waals surface area contributed by atoms with Crippen molar-refractivity contribution in [1.82, 2.24) is 5.32 Å². The van der Waals surface area contributed by atoms with Crippen LogP contribution in [-0.2, 0) is 4.74 Å². The van der Waals surface area contributed by atoms with Crippen LogP contribution >= 0.6 is 11.6 Å². The average Bonchev–Trinajstić information content (AvgIpc) is 2.38. The molecule has 0 spiro atoms. The van der Waals surface area contributed by atoms with Gasteiger partial charge in [-0.1, -0.05) is 24.6 Å². The van der Waals surface area contributed by atoms with Gasteiger partial charge < -0.3 is 14.8 Å². The highest BCUT2D eigenvalue weighted by Gasteiger charge is 2.45. The maximum atomic E-state index is 6.10. The molecule has 1 fully saturated rings. The third-order valence-corrected chi connectivity index (χ3v) is 4.36. The minimum atomic E-state index is -0.0884. The van der Waals surface area contributed by atoms with E-state index in [1.807, 2.05) is 12.1 Å². The lowest BCUT2D eigenvalue weighted by molar-refractivity contribution is -0.0995. The molecule has 0 radical (unpaired) electrons. The van der Waals surface area contributed by atoms with Crippen molar-refractivity contribution in [2.45, 2.75) is 37.8 Å². The molecule has 1 aromatic carbocycles. The monoisotopic (exact) mass is 283 g/mol. The van der Waals surface area contributed by atoms with Crippen molar-refractivity contribution in [3.05, 3.63) is 28.8 Å². The van der Waals surface area contributed by atoms with E-state index in [2.05, 4.69) is 18.3 Å². The Morgan fingerprint density at radius 3 is 2.58 bits per heavy atom. The van der Waals surface area contributed by atoms with Crippen LogP contribution < -0.4 is 10.1 Å². The lowest BCUT2D eigenvalue weighted by atomic mass is 9.72. The second-order valence-electron chi connectivity index (χ2n) is 5.01. The Kier molecular flexibility index (Phi) is 4.71. The molecule has 2 rings (SSSR count). The molecule has 106 valence electrons. The summed E-state index contributed by atoms with van der Waals surface area (Å²) in [4.78, 5) is 0. The second kappa shape index (κ2) is 6.12. The molecule has 0 aliphatic heterocycles. The van der Waals surface area contributed by atoms with Gasteiger partial charge in [0.25, 0.3) is 0 Å². The van der Waals surface area contributed by atoms with Gasteiger partial charge in [-0.2, -0.15) is 0 Å². The Hall–Kier alpha value is -0.770. The van der Waals surface area contributed by atoms with Gasteiger partial charge in [0, 0.05) is 7.11 Å². The van der Waals surface area contributed by atoms with Crippen molar-refractivity contribution in [3.63, 3.8) is 0 Å². The summed E-state index contributed by atoms with van der Waals surface area (Å²) >= 11 is 6.10. The van der Waals surface area contributed by atoms with Gasteiger partial charge in [0.15, 0.2) is 0 Å². The summed E-state index contributed by atoms with van der Waals surface area (Å²) in [6.45, 7) is 3.02. The number of likely N-dealkylation sites (N-methyl/N-ethyl adjacent to an activating group) is 1. The maximum Gasteiger partial charge on any atom is 0.137 e. The Balaban J connectivity index is 2.33. The quantitative estimate of drug-likeness (QED) is 0.866. The van der Waals surface area contributed by atoms with Crippen LogP contribution in [0.25, 0.3) is 0 Å². The molecule has 0 saturated heterocycles. The Morgan fingerprint density at radius 1 is 1.37 bits per heavy atom. The van der Waals surface area contributed by atoms with E-state index in [1.54, 1.807) is 14.2 Å². The molecule has 19 heavy (non-hydrogen) atoms. The van der Waals surface area contributed by atoms with Crippen molar-refractivity contribution < 1.29 is 9.47 Å². The molecule has 0 amide bonds. The molecule has 1 N–H and O–H groups in total. The number of hydrogen-bond donors (Lipinski definition) is 1. The highest BCUT2D eigenvalue weighted by atomic mass is 35.5. The predicted octanol–water partition coefficient (Wildman–Crippen LogP) is 3.57. The van der Waals surface area contributed by atoms with Crippen LogP contribution in [0.4, 0.5) is 0 Å². The first-order valence-corrected chi connectivity index (χ1v) is 7.16. The standard InChI is InChI=1S/C15H22ClNO2/c1-4-17-14(15(19-3)8-5-9-15)11-6-7-12(16)13(10-11)18-2/h6-7,10,14,17H,4-5,8-9H2,1-3H3. The van der Waals surface area contributed by atoms with Crippen molar-refractivity contribution >= 4 is 11.6 Å². The van der Waals surface area contributed by atoms with Crippen molar-refractivity contribution in [1.29, 1.82) is 0 Å². The van der Waals surface area contributed by atoms with E-state index in [-0.39, 0.29) is 11.6 Å². The number of hydrogen-bond acceptors (Lipinski definition) is 3. The van der Waals surface area contributed by atoms with Crippen LogP contribution in [0.3, 0.4) is 0 Å². The molecular formula is C15H22ClNO2. The van der Waals surface area contributed by atoms with Crippen molar-refractivity contribution in [2.75, 3.05) is 20.8 Å². The van der Waals surface area contributed by atoms with Gasteiger partial charge in [0.1, 0.15) is 5.75 Å². The van der Waals surface area contributed by atoms with E-state index in [9.17, 15) is 0 Å². The van der Waals surface area contributed by atoms with E-state index >= 15 is 0 Å². The highest BCUT2D eigenvalue weighted by Crippen LogP contribution is 2.45. The number of rotatable bonds is 6. The smallest absolute Gasteiger partial charge is 0.137 e. The molecule has 0 bridgehead atoms. The number of methoxy groups -OCH3 is 2. The first-order chi connectivity index (χ1) is 9.16. The van der Waals surface area contributed by atoms with Crippen LogP contribution in [-0.4, -0.2) is 26.4 Å². The van der Waals surface area contributed by atoms with E-state index < -0.39 is 0 Å². The first-order valence-electron chi connectivity index (χ1n) is 6.79. The van der Waals surface area contributed by atoms with Gasteiger partial charge in [0.2, 0.25) is 0 Å². The number of ether oxygens (including phenoxy) is 2. The van der Waals surface area contributed by atoms with E-state index in [0.29, 0.717) is 10.8 Å². The van der Waals surface area contributed by atoms with Crippen LogP contribution in [0.2, 0.25) is 5.02 Å². The van der Waals surface area contributed by atoms with Crippen LogP contribution in [0, 0.1) is 0 Å². The minimum Gasteiger partial charge on any atom is -0.495 e. The number of nitrogens with one attached hydrogen (secondary N) is 1. The predicted molar refractivity (Wildman–Crippen MR) is 78.0 cm³/mol. The van der Waals surface area contributed by atoms with Crippen molar-refractivity contribution in [2.24, 2.45) is 0 Å². The molecule has 1 aromatic rings. The Morgan fingerprint density at radius 2 is 2.11 bits per heavy atom. The lowest BCUT2D eigenvalue weighted by Crippen LogP contribution is -2.50. The summed E-state index contributed by atoms with van der Waals surface area (Å²) in [6.07, 6.45) is 3.40. The molecule has 1 aliphatic carbocycles. The molecule has 0 aromatic heterocycles. The van der Waals surface area contributed by atoms with Gasteiger partial charge in [-0.25, -0.2) is 0 Å². The van der Waals surface area contributed by atoms with Gasteiger partial charge in [-0.15, -0.1) is 0 Å². The topological polar surface area (TPSA) is 30.5 Å².